The molecule has 0 spiro atoms. The molecule has 3 rings (SSSR count). The maximum Gasteiger partial charge on any atom is 0.263 e. The summed E-state index contributed by atoms with van der Waals surface area (Å²) in [6, 6.07) is 14.4. The Bertz CT molecular complexity index is 986. The molecular formula is C17H16IN3O2S. The first-order valence-electron chi connectivity index (χ1n) is 7.22. The van der Waals surface area contributed by atoms with Crippen molar-refractivity contribution in [1.82, 2.24) is 4.98 Å². The Kier molecular flexibility index (Phi) is 4.64. The van der Waals surface area contributed by atoms with E-state index in [1.807, 2.05) is 43.3 Å². The van der Waals surface area contributed by atoms with Crippen LogP contribution in [0.2, 0.25) is 0 Å². The van der Waals surface area contributed by atoms with E-state index < -0.39 is 10.0 Å². The number of rotatable bonds is 4. The Labute approximate surface area is 154 Å². The van der Waals surface area contributed by atoms with Gasteiger partial charge in [-0.2, -0.15) is 0 Å². The van der Waals surface area contributed by atoms with Crippen molar-refractivity contribution in [2.75, 3.05) is 23.7 Å². The third kappa shape index (κ3) is 3.32. The van der Waals surface area contributed by atoms with Crippen LogP contribution in [-0.4, -0.2) is 27.5 Å². The van der Waals surface area contributed by atoms with Crippen LogP contribution in [0.15, 0.2) is 59.6 Å². The van der Waals surface area contributed by atoms with Crippen molar-refractivity contribution < 1.29 is 8.42 Å². The molecule has 7 heteroatoms. The predicted molar refractivity (Wildman–Crippen MR) is 106 cm³/mol. The summed E-state index contributed by atoms with van der Waals surface area (Å²) in [5, 5.41) is 1.57. The second-order valence-corrected chi connectivity index (χ2v) is 8.39. The highest BCUT2D eigenvalue weighted by Gasteiger charge is 2.19. The number of aromatic nitrogens is 1. The number of anilines is 2. The number of pyridine rings is 1. The number of benzene rings is 2. The summed E-state index contributed by atoms with van der Waals surface area (Å²) in [4.78, 5) is 6.31. The largest absolute Gasteiger partial charge is 0.377 e. The van der Waals surface area contributed by atoms with Crippen LogP contribution in [0.5, 0.6) is 0 Å². The highest BCUT2D eigenvalue weighted by molar-refractivity contribution is 14.1. The van der Waals surface area contributed by atoms with Crippen LogP contribution >= 0.6 is 22.6 Å². The molecule has 2 aromatic carbocycles. The zero-order valence-corrected chi connectivity index (χ0v) is 16.2. The molecule has 0 fully saturated rings. The molecule has 1 heterocycles. The van der Waals surface area contributed by atoms with Gasteiger partial charge in [-0.1, -0.05) is 24.3 Å². The third-order valence-corrected chi connectivity index (χ3v) is 5.65. The highest BCUT2D eigenvalue weighted by atomic mass is 127. The summed E-state index contributed by atoms with van der Waals surface area (Å²) in [5.41, 5.74) is 0.969. The first-order chi connectivity index (χ1) is 11.4. The number of halogens is 1. The summed E-state index contributed by atoms with van der Waals surface area (Å²) in [6.45, 7) is 0. The van der Waals surface area contributed by atoms with E-state index in [1.165, 1.54) is 0 Å². The van der Waals surface area contributed by atoms with Gasteiger partial charge in [0, 0.05) is 40.3 Å². The Morgan fingerprint density at radius 3 is 2.38 bits per heavy atom. The maximum absolute atomic E-state index is 12.8. The third-order valence-electron chi connectivity index (χ3n) is 3.60. The van der Waals surface area contributed by atoms with E-state index in [9.17, 15) is 8.42 Å². The van der Waals surface area contributed by atoms with E-state index in [0.717, 1.165) is 14.6 Å². The van der Waals surface area contributed by atoms with E-state index >= 15 is 0 Å². The van der Waals surface area contributed by atoms with Gasteiger partial charge in [-0.3, -0.25) is 4.72 Å². The number of sulfonamides is 1. The van der Waals surface area contributed by atoms with E-state index in [-0.39, 0.29) is 4.90 Å². The van der Waals surface area contributed by atoms with Gasteiger partial charge in [-0.05, 0) is 46.9 Å². The average Bonchev–Trinajstić information content (AvgIpc) is 2.55. The minimum Gasteiger partial charge on any atom is -0.377 e. The molecule has 0 aliphatic rings. The number of nitrogens with zero attached hydrogens (tertiary/aromatic N) is 2. The van der Waals surface area contributed by atoms with E-state index in [4.69, 9.17) is 0 Å². The van der Waals surface area contributed by atoms with Crippen molar-refractivity contribution in [2.24, 2.45) is 0 Å². The fourth-order valence-electron chi connectivity index (χ4n) is 2.52. The van der Waals surface area contributed by atoms with Gasteiger partial charge in [-0.25, -0.2) is 13.4 Å². The maximum atomic E-state index is 12.8. The molecular weight excluding hydrogens is 437 g/mol. The Morgan fingerprint density at radius 1 is 1.00 bits per heavy atom. The molecule has 0 aliphatic heterocycles. The fourth-order valence-corrected chi connectivity index (χ4v) is 4.07. The van der Waals surface area contributed by atoms with Crippen LogP contribution in [-0.2, 0) is 10.0 Å². The molecule has 1 aromatic heterocycles. The molecule has 5 nitrogen and oxygen atoms in total. The van der Waals surface area contributed by atoms with Gasteiger partial charge >= 0.3 is 0 Å². The zero-order valence-electron chi connectivity index (χ0n) is 13.2. The monoisotopic (exact) mass is 453 g/mol. The van der Waals surface area contributed by atoms with Gasteiger partial charge in [0.15, 0.2) is 0 Å². The predicted octanol–water partition coefficient (Wildman–Crippen LogP) is 3.71. The normalized spacial score (nSPS) is 11.5. The molecule has 1 N–H and O–H groups in total. The van der Waals surface area contributed by atoms with Gasteiger partial charge in [0.25, 0.3) is 10.0 Å². The smallest absolute Gasteiger partial charge is 0.263 e. The Morgan fingerprint density at radius 2 is 1.71 bits per heavy atom. The van der Waals surface area contributed by atoms with Crippen molar-refractivity contribution in [2.45, 2.75) is 4.90 Å². The van der Waals surface area contributed by atoms with Crippen molar-refractivity contribution >= 4 is 54.9 Å². The summed E-state index contributed by atoms with van der Waals surface area (Å²) in [6.07, 6.45) is 1.62. The average molecular weight is 453 g/mol. The lowest BCUT2D eigenvalue weighted by Gasteiger charge is -2.17. The standard InChI is InChI=1S/C17H16IN3O2S/c1-21(2)15-7-3-6-14-13(15)5-4-8-16(14)24(22,23)20-17-10-9-12(18)11-19-17/h3-11H,1-2H3,(H,19,20). The first-order valence-corrected chi connectivity index (χ1v) is 9.78. The van der Waals surface area contributed by atoms with Crippen LogP contribution in [0.4, 0.5) is 11.5 Å². The lowest BCUT2D eigenvalue weighted by molar-refractivity contribution is 0.602. The summed E-state index contributed by atoms with van der Waals surface area (Å²) >= 11 is 2.12. The molecule has 0 unspecified atom stereocenters. The summed E-state index contributed by atoms with van der Waals surface area (Å²) < 4.78 is 29.1. The second kappa shape index (κ2) is 6.56. The lowest BCUT2D eigenvalue weighted by Crippen LogP contribution is -2.15. The van der Waals surface area contributed by atoms with Gasteiger partial charge in [-0.15, -0.1) is 0 Å². The van der Waals surface area contributed by atoms with Gasteiger partial charge < -0.3 is 4.90 Å². The number of fused-ring (bicyclic) bond motifs is 1. The lowest BCUT2D eigenvalue weighted by atomic mass is 10.1. The minimum absolute atomic E-state index is 0.240. The molecule has 0 amide bonds. The quantitative estimate of drug-likeness (QED) is 0.612. The first kappa shape index (κ1) is 17.0. The van der Waals surface area contributed by atoms with Crippen LogP contribution in [0.1, 0.15) is 0 Å². The Hall–Kier alpha value is -1.87. The van der Waals surface area contributed by atoms with Crippen LogP contribution in [0.25, 0.3) is 10.8 Å². The molecule has 0 bridgehead atoms. The molecule has 0 atom stereocenters. The van der Waals surface area contributed by atoms with E-state index in [2.05, 4.69) is 32.3 Å². The van der Waals surface area contributed by atoms with Gasteiger partial charge in [0.1, 0.15) is 5.82 Å². The van der Waals surface area contributed by atoms with Crippen LogP contribution in [0.3, 0.4) is 0 Å². The minimum atomic E-state index is -3.73. The molecule has 0 saturated carbocycles. The van der Waals surface area contributed by atoms with Gasteiger partial charge in [0.05, 0.1) is 4.90 Å². The summed E-state index contributed by atoms with van der Waals surface area (Å²) in [5.74, 6) is 0.302. The Balaban J connectivity index is 2.11. The second-order valence-electron chi connectivity index (χ2n) is 5.49. The number of hydrogen-bond donors (Lipinski definition) is 1. The highest BCUT2D eigenvalue weighted by Crippen LogP contribution is 2.30. The van der Waals surface area contributed by atoms with E-state index in [1.54, 1.807) is 30.5 Å². The van der Waals surface area contributed by atoms with Crippen molar-refractivity contribution in [3.8, 4) is 0 Å². The number of nitrogens with one attached hydrogen (secondary N) is 1. The van der Waals surface area contributed by atoms with E-state index in [0.29, 0.717) is 11.2 Å². The topological polar surface area (TPSA) is 62.3 Å². The molecule has 3 aromatic rings. The van der Waals surface area contributed by atoms with Crippen molar-refractivity contribution in [1.29, 1.82) is 0 Å². The van der Waals surface area contributed by atoms with Crippen molar-refractivity contribution in [3.05, 3.63) is 58.3 Å². The van der Waals surface area contributed by atoms with Gasteiger partial charge in [0.2, 0.25) is 0 Å². The molecule has 0 radical (unpaired) electrons. The molecule has 24 heavy (non-hydrogen) atoms. The summed E-state index contributed by atoms with van der Waals surface area (Å²) in [7, 11) is 0.140. The van der Waals surface area contributed by atoms with Crippen LogP contribution < -0.4 is 9.62 Å². The van der Waals surface area contributed by atoms with Crippen molar-refractivity contribution in [3.63, 3.8) is 0 Å². The SMILES string of the molecule is CN(C)c1cccc2c(S(=O)(=O)Nc3ccc(I)cn3)cccc12. The number of hydrogen-bond acceptors (Lipinski definition) is 4. The molecule has 0 saturated heterocycles. The molecule has 124 valence electrons. The molecule has 0 aliphatic carbocycles. The van der Waals surface area contributed by atoms with Crippen LogP contribution in [0, 0.1) is 3.57 Å². The zero-order chi connectivity index (χ0) is 17.3. The fraction of sp³-hybridized carbons (Fsp3) is 0.118.